The molecule has 0 saturated heterocycles. The quantitative estimate of drug-likeness (QED) is 0.771. The van der Waals surface area contributed by atoms with Crippen LogP contribution in [-0.4, -0.2) is 12.1 Å². The molecule has 0 unspecified atom stereocenters. The summed E-state index contributed by atoms with van der Waals surface area (Å²) in [6, 6.07) is 8.60. The van der Waals surface area contributed by atoms with Crippen molar-refractivity contribution in [2.24, 2.45) is 0 Å². The molecule has 0 amide bonds. The van der Waals surface area contributed by atoms with Gasteiger partial charge in [-0.05, 0) is 47.6 Å². The maximum atomic E-state index is 12.5. The number of methoxy groups -OCH3 is 1. The van der Waals surface area contributed by atoms with Gasteiger partial charge < -0.3 is 4.74 Å². The van der Waals surface area contributed by atoms with Gasteiger partial charge in [-0.25, -0.2) is 0 Å². The van der Waals surface area contributed by atoms with Crippen molar-refractivity contribution in [2.45, 2.75) is 38.8 Å². The summed E-state index contributed by atoms with van der Waals surface area (Å²) >= 11 is 0. The highest BCUT2D eigenvalue weighted by molar-refractivity contribution is 5.39. The van der Waals surface area contributed by atoms with Gasteiger partial charge in [-0.2, -0.15) is 13.2 Å². The molecular formula is C18H20F3NO. The Bertz CT molecular complexity index is 648. The molecule has 5 heteroatoms. The molecular weight excluding hydrogens is 303 g/mol. The molecule has 23 heavy (non-hydrogen) atoms. The summed E-state index contributed by atoms with van der Waals surface area (Å²) in [6.45, 7) is 4.23. The first-order chi connectivity index (χ1) is 10.8. The van der Waals surface area contributed by atoms with Gasteiger partial charge in [0.2, 0.25) is 0 Å². The number of hydrogen-bond donors (Lipinski definition) is 0. The van der Waals surface area contributed by atoms with Crippen molar-refractivity contribution >= 4 is 0 Å². The molecule has 0 radical (unpaired) electrons. The first-order valence-electron chi connectivity index (χ1n) is 7.50. The molecule has 0 saturated carbocycles. The van der Waals surface area contributed by atoms with Crippen LogP contribution in [0.2, 0.25) is 0 Å². The Morgan fingerprint density at radius 1 is 1.09 bits per heavy atom. The largest absolute Gasteiger partial charge is 0.496 e. The van der Waals surface area contributed by atoms with E-state index in [2.05, 4.69) is 24.9 Å². The lowest BCUT2D eigenvalue weighted by Gasteiger charge is -2.13. The second kappa shape index (κ2) is 7.02. The molecule has 1 aromatic heterocycles. The molecule has 2 rings (SSSR count). The molecule has 0 fully saturated rings. The molecule has 0 N–H and O–H groups in total. The fraction of sp³-hybridized carbons (Fsp3) is 0.389. The minimum absolute atomic E-state index is 0.414. The average molecular weight is 323 g/mol. The Morgan fingerprint density at radius 3 is 2.35 bits per heavy atom. The average Bonchev–Trinajstić information content (AvgIpc) is 2.52. The lowest BCUT2D eigenvalue weighted by atomic mass is 9.98. The summed E-state index contributed by atoms with van der Waals surface area (Å²) in [4.78, 5) is 3.49. The zero-order valence-corrected chi connectivity index (χ0v) is 13.4. The molecule has 1 heterocycles. The molecule has 124 valence electrons. The summed E-state index contributed by atoms with van der Waals surface area (Å²) in [5.41, 5.74) is 2.15. The Hall–Kier alpha value is -2.04. The van der Waals surface area contributed by atoms with Crippen LogP contribution in [0.4, 0.5) is 13.2 Å². The SMILES string of the molecule is COc1cc(C(C)C)ccc1CCc1ccc(C(F)(F)F)nc1. The van der Waals surface area contributed by atoms with Crippen LogP contribution in [0, 0.1) is 0 Å². The van der Waals surface area contributed by atoms with Crippen LogP contribution >= 0.6 is 0 Å². The van der Waals surface area contributed by atoms with Crippen molar-refractivity contribution in [3.8, 4) is 5.75 Å². The van der Waals surface area contributed by atoms with Crippen molar-refractivity contribution < 1.29 is 17.9 Å². The number of nitrogens with zero attached hydrogens (tertiary/aromatic N) is 1. The zero-order chi connectivity index (χ0) is 17.0. The van der Waals surface area contributed by atoms with E-state index in [0.29, 0.717) is 18.8 Å². The third-order valence-corrected chi connectivity index (χ3v) is 3.78. The highest BCUT2D eigenvalue weighted by Crippen LogP contribution is 2.28. The smallest absolute Gasteiger partial charge is 0.433 e. The molecule has 2 aromatic rings. The topological polar surface area (TPSA) is 22.1 Å². The maximum Gasteiger partial charge on any atom is 0.433 e. The predicted octanol–water partition coefficient (Wildman–Crippen LogP) is 5.02. The van der Waals surface area contributed by atoms with Gasteiger partial charge in [0.1, 0.15) is 11.4 Å². The highest BCUT2D eigenvalue weighted by atomic mass is 19.4. The number of halogens is 3. The fourth-order valence-electron chi connectivity index (χ4n) is 2.35. The molecule has 0 aliphatic rings. The third-order valence-electron chi connectivity index (χ3n) is 3.78. The number of aromatic nitrogens is 1. The lowest BCUT2D eigenvalue weighted by molar-refractivity contribution is -0.141. The van der Waals surface area contributed by atoms with E-state index in [0.717, 1.165) is 22.9 Å². The number of rotatable bonds is 5. The number of pyridine rings is 1. The molecule has 2 nitrogen and oxygen atoms in total. The first kappa shape index (κ1) is 17.3. The number of alkyl halides is 3. The van der Waals surface area contributed by atoms with Crippen LogP contribution in [0.3, 0.4) is 0 Å². The highest BCUT2D eigenvalue weighted by Gasteiger charge is 2.31. The fourth-order valence-corrected chi connectivity index (χ4v) is 2.35. The van der Waals surface area contributed by atoms with Crippen LogP contribution in [0.5, 0.6) is 5.75 Å². The molecule has 0 atom stereocenters. The molecule has 0 spiro atoms. The van der Waals surface area contributed by atoms with Gasteiger partial charge >= 0.3 is 6.18 Å². The summed E-state index contributed by atoms with van der Waals surface area (Å²) in [6.07, 6.45) is -1.80. The van der Waals surface area contributed by atoms with Gasteiger partial charge in [-0.1, -0.05) is 32.0 Å². The second-order valence-electron chi connectivity index (χ2n) is 5.78. The van der Waals surface area contributed by atoms with Crippen molar-refractivity contribution in [2.75, 3.05) is 7.11 Å². The summed E-state index contributed by atoms with van der Waals surface area (Å²) in [5, 5.41) is 0. The molecule has 0 aliphatic heterocycles. The van der Waals surface area contributed by atoms with E-state index >= 15 is 0 Å². The monoisotopic (exact) mass is 323 g/mol. The van der Waals surface area contributed by atoms with Crippen LogP contribution in [0.1, 0.15) is 42.1 Å². The van der Waals surface area contributed by atoms with Crippen molar-refractivity contribution in [1.29, 1.82) is 0 Å². The van der Waals surface area contributed by atoms with Crippen LogP contribution in [-0.2, 0) is 19.0 Å². The van der Waals surface area contributed by atoms with Crippen LogP contribution < -0.4 is 4.74 Å². The van der Waals surface area contributed by atoms with E-state index in [4.69, 9.17) is 4.74 Å². The van der Waals surface area contributed by atoms with Crippen LogP contribution in [0.25, 0.3) is 0 Å². The van der Waals surface area contributed by atoms with E-state index in [1.54, 1.807) is 7.11 Å². The van der Waals surface area contributed by atoms with Crippen molar-refractivity contribution in [1.82, 2.24) is 4.98 Å². The molecule has 0 aliphatic carbocycles. The van der Waals surface area contributed by atoms with E-state index < -0.39 is 11.9 Å². The molecule has 0 bridgehead atoms. The van der Waals surface area contributed by atoms with Gasteiger partial charge in [-0.15, -0.1) is 0 Å². The minimum atomic E-state index is -4.39. The van der Waals surface area contributed by atoms with E-state index in [1.165, 1.54) is 17.8 Å². The van der Waals surface area contributed by atoms with Gasteiger partial charge in [0.25, 0.3) is 0 Å². The predicted molar refractivity (Wildman–Crippen MR) is 83.7 cm³/mol. The Kier molecular flexibility index (Phi) is 5.29. The lowest BCUT2D eigenvalue weighted by Crippen LogP contribution is -2.08. The minimum Gasteiger partial charge on any atom is -0.496 e. The summed E-state index contributed by atoms with van der Waals surface area (Å²) in [5.74, 6) is 1.23. The van der Waals surface area contributed by atoms with Crippen LogP contribution in [0.15, 0.2) is 36.5 Å². The Balaban J connectivity index is 2.08. The van der Waals surface area contributed by atoms with E-state index in [9.17, 15) is 13.2 Å². The summed E-state index contributed by atoms with van der Waals surface area (Å²) < 4.78 is 42.9. The summed E-state index contributed by atoms with van der Waals surface area (Å²) in [7, 11) is 1.63. The van der Waals surface area contributed by atoms with Crippen molar-refractivity contribution in [3.05, 3.63) is 58.9 Å². The second-order valence-corrected chi connectivity index (χ2v) is 5.78. The number of benzene rings is 1. The van der Waals surface area contributed by atoms with Gasteiger partial charge in [0, 0.05) is 6.20 Å². The van der Waals surface area contributed by atoms with Gasteiger partial charge in [0.15, 0.2) is 0 Å². The van der Waals surface area contributed by atoms with Crippen molar-refractivity contribution in [3.63, 3.8) is 0 Å². The van der Waals surface area contributed by atoms with Gasteiger partial charge in [0.05, 0.1) is 7.11 Å². The van der Waals surface area contributed by atoms with Gasteiger partial charge in [-0.3, -0.25) is 4.98 Å². The number of ether oxygens (including phenoxy) is 1. The first-order valence-corrected chi connectivity index (χ1v) is 7.50. The Morgan fingerprint density at radius 2 is 1.83 bits per heavy atom. The molecule has 1 aromatic carbocycles. The third kappa shape index (κ3) is 4.47. The zero-order valence-electron chi connectivity index (χ0n) is 13.4. The standard InChI is InChI=1S/C18H20F3NO/c1-12(2)15-8-7-14(16(10-15)23-3)6-4-13-5-9-17(22-11-13)18(19,20)21/h5,7-12H,4,6H2,1-3H3. The maximum absolute atomic E-state index is 12.5. The normalized spacial score (nSPS) is 11.8. The van der Waals surface area contributed by atoms with E-state index in [-0.39, 0.29) is 0 Å². The Labute approximate surface area is 134 Å². The number of hydrogen-bond acceptors (Lipinski definition) is 2. The van der Waals surface area contributed by atoms with E-state index in [1.807, 2.05) is 12.1 Å². The number of aryl methyl sites for hydroxylation is 2.